The Morgan fingerprint density at radius 2 is 1.95 bits per heavy atom. The van der Waals surface area contributed by atoms with E-state index in [-0.39, 0.29) is 5.92 Å². The first-order valence-corrected chi connectivity index (χ1v) is 7.08. The van der Waals surface area contributed by atoms with Crippen LogP contribution in [0, 0.1) is 6.92 Å². The smallest absolute Gasteiger partial charge is 0.192 e. The van der Waals surface area contributed by atoms with E-state index in [1.165, 1.54) is 5.56 Å². The molecule has 3 nitrogen and oxygen atoms in total. The van der Waals surface area contributed by atoms with Crippen LogP contribution in [0.2, 0.25) is 0 Å². The van der Waals surface area contributed by atoms with Gasteiger partial charge in [0.15, 0.2) is 11.3 Å². The molecule has 1 atom stereocenters. The van der Waals surface area contributed by atoms with Gasteiger partial charge >= 0.3 is 0 Å². The summed E-state index contributed by atoms with van der Waals surface area (Å²) in [6.45, 7) is 1.88. The quantitative estimate of drug-likeness (QED) is 0.723. The molecule has 3 aromatic rings. The van der Waals surface area contributed by atoms with Crippen LogP contribution in [0.1, 0.15) is 29.6 Å². The molecule has 104 valence electrons. The highest BCUT2D eigenvalue weighted by Crippen LogP contribution is 2.30. The first-order valence-electron chi connectivity index (χ1n) is 7.08. The van der Waals surface area contributed by atoms with Gasteiger partial charge < -0.3 is 8.83 Å². The number of nitrogens with zero attached hydrogens (tertiary/aromatic N) is 1. The fraction of sp³-hybridized carbons (Fsp3) is 0.167. The Hall–Kier alpha value is -2.55. The van der Waals surface area contributed by atoms with E-state index in [0.29, 0.717) is 5.89 Å². The second-order valence-electron chi connectivity index (χ2n) is 5.29. The van der Waals surface area contributed by atoms with E-state index in [4.69, 9.17) is 8.83 Å². The van der Waals surface area contributed by atoms with Crippen LogP contribution in [0.15, 0.2) is 57.6 Å². The molecule has 0 radical (unpaired) electrons. The number of aryl methyl sites for hydroxylation is 1. The van der Waals surface area contributed by atoms with E-state index < -0.39 is 0 Å². The average Bonchev–Trinajstić information content (AvgIpc) is 3.15. The van der Waals surface area contributed by atoms with Crippen molar-refractivity contribution in [2.45, 2.75) is 19.3 Å². The third kappa shape index (κ3) is 2.11. The highest BCUT2D eigenvalue weighted by atomic mass is 16.3. The summed E-state index contributed by atoms with van der Waals surface area (Å²) in [7, 11) is 0. The summed E-state index contributed by atoms with van der Waals surface area (Å²) in [4.78, 5) is 4.52. The number of hydrogen-bond donors (Lipinski definition) is 0. The highest BCUT2D eigenvalue weighted by Gasteiger charge is 2.21. The van der Waals surface area contributed by atoms with Gasteiger partial charge in [-0.2, -0.15) is 0 Å². The minimum atomic E-state index is 0.283. The van der Waals surface area contributed by atoms with Crippen LogP contribution in [-0.4, -0.2) is 4.98 Å². The molecule has 0 saturated heterocycles. The Bertz CT molecular complexity index is 873. The van der Waals surface area contributed by atoms with Gasteiger partial charge in [-0.25, -0.2) is 4.98 Å². The van der Waals surface area contributed by atoms with Crippen molar-refractivity contribution in [1.82, 2.24) is 4.98 Å². The van der Waals surface area contributed by atoms with Crippen LogP contribution in [0.4, 0.5) is 0 Å². The molecule has 3 heteroatoms. The van der Waals surface area contributed by atoms with Crippen LogP contribution in [0.5, 0.6) is 0 Å². The van der Waals surface area contributed by atoms with E-state index in [1.54, 1.807) is 6.26 Å². The van der Waals surface area contributed by atoms with Gasteiger partial charge in [0.25, 0.3) is 0 Å². The van der Waals surface area contributed by atoms with Crippen molar-refractivity contribution in [2.75, 3.05) is 0 Å². The molecule has 2 aromatic heterocycles. The lowest BCUT2D eigenvalue weighted by Crippen LogP contribution is -2.30. The lowest BCUT2D eigenvalue weighted by atomic mass is 9.88. The molecule has 2 heterocycles. The Morgan fingerprint density at radius 3 is 2.71 bits per heavy atom. The van der Waals surface area contributed by atoms with E-state index in [1.807, 2.05) is 25.1 Å². The second kappa shape index (κ2) is 4.77. The standard InChI is InChI=1S/C18H15NO2/c1-12-19-18-15(16-8-5-9-20-16)10-14(11-17(18)21-12)13-6-3-2-4-7-13/h2-9,11,14H,10H2,1H3. The maximum Gasteiger partial charge on any atom is 0.192 e. The number of benzene rings is 1. The SMILES string of the molecule is Cc1nc2c(o1)=CC(c1ccccc1)CC=2c1ccco1. The molecule has 4 rings (SSSR count). The Labute approximate surface area is 122 Å². The predicted molar refractivity (Wildman–Crippen MR) is 80.0 cm³/mol. The number of furan rings is 1. The van der Waals surface area contributed by atoms with Crippen LogP contribution in [0.25, 0.3) is 11.6 Å². The first-order chi connectivity index (χ1) is 10.3. The van der Waals surface area contributed by atoms with E-state index in [0.717, 1.165) is 28.5 Å². The van der Waals surface area contributed by atoms with Gasteiger partial charge in [0.2, 0.25) is 0 Å². The molecule has 1 aliphatic carbocycles. The van der Waals surface area contributed by atoms with E-state index >= 15 is 0 Å². The van der Waals surface area contributed by atoms with Gasteiger partial charge in [-0.15, -0.1) is 0 Å². The molecule has 0 bridgehead atoms. The van der Waals surface area contributed by atoms with E-state index in [9.17, 15) is 0 Å². The van der Waals surface area contributed by atoms with Gasteiger partial charge in [0.05, 0.1) is 6.26 Å². The summed E-state index contributed by atoms with van der Waals surface area (Å²) in [6, 6.07) is 14.4. The molecule has 0 N–H and O–H groups in total. The summed E-state index contributed by atoms with van der Waals surface area (Å²) in [5.41, 5.74) is 3.24. The Kier molecular flexibility index (Phi) is 2.78. The molecular formula is C18H15NO2. The van der Waals surface area contributed by atoms with Crippen molar-refractivity contribution in [3.8, 4) is 0 Å². The zero-order chi connectivity index (χ0) is 14.2. The van der Waals surface area contributed by atoms with Gasteiger partial charge in [-0.3, -0.25) is 0 Å². The number of rotatable bonds is 2. The van der Waals surface area contributed by atoms with Gasteiger partial charge in [-0.1, -0.05) is 30.3 Å². The zero-order valence-corrected chi connectivity index (χ0v) is 11.7. The molecular weight excluding hydrogens is 262 g/mol. The largest absolute Gasteiger partial charge is 0.465 e. The lowest BCUT2D eigenvalue weighted by Gasteiger charge is -2.16. The lowest BCUT2D eigenvalue weighted by molar-refractivity contribution is 0.487. The van der Waals surface area contributed by atoms with Crippen LogP contribution >= 0.6 is 0 Å². The molecule has 21 heavy (non-hydrogen) atoms. The van der Waals surface area contributed by atoms with Crippen LogP contribution < -0.4 is 10.8 Å². The van der Waals surface area contributed by atoms with Crippen molar-refractivity contribution in [2.24, 2.45) is 0 Å². The Balaban J connectivity index is 1.92. The second-order valence-corrected chi connectivity index (χ2v) is 5.29. The molecule has 1 aliphatic rings. The van der Waals surface area contributed by atoms with Gasteiger partial charge in [0.1, 0.15) is 11.1 Å². The van der Waals surface area contributed by atoms with Crippen molar-refractivity contribution in [3.05, 3.63) is 76.7 Å². The van der Waals surface area contributed by atoms with Crippen molar-refractivity contribution >= 4 is 11.6 Å². The normalized spacial score (nSPS) is 17.4. The minimum absolute atomic E-state index is 0.283. The monoisotopic (exact) mass is 277 g/mol. The molecule has 0 fully saturated rings. The molecule has 0 saturated carbocycles. The summed E-state index contributed by atoms with van der Waals surface area (Å²) in [5.74, 6) is 1.85. The Morgan fingerprint density at radius 1 is 1.10 bits per heavy atom. The summed E-state index contributed by atoms with van der Waals surface area (Å²) in [5, 5.41) is 0.912. The predicted octanol–water partition coefficient (Wildman–Crippen LogP) is 2.74. The van der Waals surface area contributed by atoms with Crippen molar-refractivity contribution in [3.63, 3.8) is 0 Å². The molecule has 0 amide bonds. The highest BCUT2D eigenvalue weighted by molar-refractivity contribution is 5.65. The number of oxazole rings is 1. The van der Waals surface area contributed by atoms with Crippen LogP contribution in [0.3, 0.4) is 0 Å². The topological polar surface area (TPSA) is 39.2 Å². The summed E-state index contributed by atoms with van der Waals surface area (Å²) in [6.07, 6.45) is 4.73. The maximum absolute atomic E-state index is 5.76. The molecule has 0 spiro atoms. The van der Waals surface area contributed by atoms with Gasteiger partial charge in [-0.05, 0) is 30.2 Å². The third-order valence-corrected chi connectivity index (χ3v) is 3.87. The van der Waals surface area contributed by atoms with Crippen molar-refractivity contribution in [1.29, 1.82) is 0 Å². The average molecular weight is 277 g/mol. The third-order valence-electron chi connectivity index (χ3n) is 3.87. The zero-order valence-electron chi connectivity index (χ0n) is 11.7. The summed E-state index contributed by atoms with van der Waals surface area (Å²) >= 11 is 0. The minimum Gasteiger partial charge on any atom is -0.465 e. The van der Waals surface area contributed by atoms with Crippen LogP contribution in [-0.2, 0) is 0 Å². The first kappa shape index (κ1) is 12.2. The molecule has 1 aromatic carbocycles. The number of aromatic nitrogens is 1. The number of fused-ring (bicyclic) bond motifs is 1. The molecule has 0 aliphatic heterocycles. The molecule has 1 unspecified atom stereocenters. The van der Waals surface area contributed by atoms with Gasteiger partial charge in [0, 0.05) is 18.4 Å². The maximum atomic E-state index is 5.76. The fourth-order valence-corrected chi connectivity index (χ4v) is 2.91. The van der Waals surface area contributed by atoms with Crippen molar-refractivity contribution < 1.29 is 8.83 Å². The summed E-state index contributed by atoms with van der Waals surface area (Å²) < 4.78 is 11.3. The number of hydrogen-bond acceptors (Lipinski definition) is 3. The fourth-order valence-electron chi connectivity index (χ4n) is 2.91. The van der Waals surface area contributed by atoms with E-state index in [2.05, 4.69) is 35.3 Å².